The summed E-state index contributed by atoms with van der Waals surface area (Å²) < 4.78 is 0. The maximum Gasteiger partial charge on any atom is -0.00183 e. The molecule has 1 aliphatic rings. The van der Waals surface area contributed by atoms with Crippen LogP contribution in [0.25, 0.3) is 0 Å². The summed E-state index contributed by atoms with van der Waals surface area (Å²) >= 11 is 0. The maximum absolute atomic E-state index is 3.49. The van der Waals surface area contributed by atoms with Gasteiger partial charge in [0.1, 0.15) is 0 Å². The van der Waals surface area contributed by atoms with E-state index in [4.69, 9.17) is 0 Å². The molecule has 2 nitrogen and oxygen atoms in total. The first-order chi connectivity index (χ1) is 6.79. The van der Waals surface area contributed by atoms with Gasteiger partial charge in [-0.1, -0.05) is 13.8 Å². The fourth-order valence-electron chi connectivity index (χ4n) is 1.98. The quantitative estimate of drug-likeness (QED) is 0.630. The lowest BCUT2D eigenvalue weighted by Crippen LogP contribution is -2.23. The van der Waals surface area contributed by atoms with E-state index in [-0.39, 0.29) is 0 Å². The number of hydrogen-bond donors (Lipinski definition) is 1. The van der Waals surface area contributed by atoms with Crippen LogP contribution in [-0.2, 0) is 0 Å². The summed E-state index contributed by atoms with van der Waals surface area (Å²) in [5.74, 6) is 0.786. The first kappa shape index (κ1) is 12.0. The molecule has 0 radical (unpaired) electrons. The standard InChI is InChI=1S/C12H26N2/c1-12(2)11-13-7-3-4-8-14-9-5-6-10-14/h12-13H,3-11H2,1-2H3. The van der Waals surface area contributed by atoms with E-state index in [0.717, 1.165) is 5.92 Å². The fraction of sp³-hybridized carbons (Fsp3) is 1.00. The van der Waals surface area contributed by atoms with Gasteiger partial charge in [-0.25, -0.2) is 0 Å². The third-order valence-corrected chi connectivity index (χ3v) is 2.83. The Morgan fingerprint density at radius 3 is 2.50 bits per heavy atom. The molecule has 14 heavy (non-hydrogen) atoms. The molecule has 0 aromatic carbocycles. The van der Waals surface area contributed by atoms with Crippen molar-refractivity contribution < 1.29 is 0 Å². The van der Waals surface area contributed by atoms with E-state index in [1.165, 1.54) is 58.4 Å². The lowest BCUT2D eigenvalue weighted by atomic mass is 10.2. The lowest BCUT2D eigenvalue weighted by Gasteiger charge is -2.14. The van der Waals surface area contributed by atoms with E-state index in [1.54, 1.807) is 0 Å². The molecule has 0 spiro atoms. The number of hydrogen-bond acceptors (Lipinski definition) is 2. The van der Waals surface area contributed by atoms with Crippen molar-refractivity contribution >= 4 is 0 Å². The molecule has 2 heteroatoms. The minimum absolute atomic E-state index is 0.786. The third-order valence-electron chi connectivity index (χ3n) is 2.83. The molecular weight excluding hydrogens is 172 g/mol. The first-order valence-corrected chi connectivity index (χ1v) is 6.22. The van der Waals surface area contributed by atoms with Crippen LogP contribution in [-0.4, -0.2) is 37.6 Å². The Kier molecular flexibility index (Phi) is 6.20. The van der Waals surface area contributed by atoms with Crippen molar-refractivity contribution in [1.29, 1.82) is 0 Å². The maximum atomic E-state index is 3.49. The summed E-state index contributed by atoms with van der Waals surface area (Å²) in [5, 5.41) is 3.49. The molecule has 1 heterocycles. The van der Waals surface area contributed by atoms with Gasteiger partial charge in [0.05, 0.1) is 0 Å². The number of rotatable bonds is 7. The Morgan fingerprint density at radius 1 is 1.14 bits per heavy atom. The summed E-state index contributed by atoms with van der Waals surface area (Å²) in [6.45, 7) is 10.9. The van der Waals surface area contributed by atoms with Gasteiger partial charge in [-0.3, -0.25) is 0 Å². The second kappa shape index (κ2) is 7.24. The van der Waals surface area contributed by atoms with Crippen LogP contribution in [0.5, 0.6) is 0 Å². The molecule has 1 saturated heterocycles. The highest BCUT2D eigenvalue weighted by Gasteiger charge is 2.09. The Labute approximate surface area is 89.1 Å². The minimum atomic E-state index is 0.786. The molecule has 1 aliphatic heterocycles. The SMILES string of the molecule is CC(C)CNCCCCN1CCCC1. The average Bonchev–Trinajstić information content (AvgIpc) is 2.63. The first-order valence-electron chi connectivity index (χ1n) is 6.22. The van der Waals surface area contributed by atoms with E-state index in [9.17, 15) is 0 Å². The van der Waals surface area contributed by atoms with E-state index in [0.29, 0.717) is 0 Å². The molecule has 1 N–H and O–H groups in total. The van der Waals surface area contributed by atoms with Gasteiger partial charge < -0.3 is 10.2 Å². The lowest BCUT2D eigenvalue weighted by molar-refractivity contribution is 0.328. The summed E-state index contributed by atoms with van der Waals surface area (Å²) in [5.41, 5.74) is 0. The van der Waals surface area contributed by atoms with Gasteiger partial charge in [-0.2, -0.15) is 0 Å². The van der Waals surface area contributed by atoms with Gasteiger partial charge in [-0.15, -0.1) is 0 Å². The van der Waals surface area contributed by atoms with Gasteiger partial charge in [-0.05, 0) is 64.3 Å². The molecule has 0 saturated carbocycles. The zero-order valence-electron chi connectivity index (χ0n) is 9.89. The van der Waals surface area contributed by atoms with Gasteiger partial charge in [0, 0.05) is 0 Å². The van der Waals surface area contributed by atoms with E-state index < -0.39 is 0 Å². The molecule has 0 aromatic heterocycles. The van der Waals surface area contributed by atoms with Crippen molar-refractivity contribution in [2.45, 2.75) is 39.5 Å². The van der Waals surface area contributed by atoms with E-state index in [1.807, 2.05) is 0 Å². The minimum Gasteiger partial charge on any atom is -0.316 e. The van der Waals surface area contributed by atoms with E-state index in [2.05, 4.69) is 24.1 Å². The molecule has 1 rings (SSSR count). The zero-order valence-corrected chi connectivity index (χ0v) is 9.89. The van der Waals surface area contributed by atoms with Crippen molar-refractivity contribution in [2.24, 2.45) is 5.92 Å². The van der Waals surface area contributed by atoms with Crippen LogP contribution in [0.15, 0.2) is 0 Å². The Morgan fingerprint density at radius 2 is 1.86 bits per heavy atom. The smallest absolute Gasteiger partial charge is 0.00183 e. The second-order valence-corrected chi connectivity index (χ2v) is 4.85. The van der Waals surface area contributed by atoms with Crippen LogP contribution < -0.4 is 5.32 Å². The summed E-state index contributed by atoms with van der Waals surface area (Å²) in [7, 11) is 0. The van der Waals surface area contributed by atoms with Crippen molar-refractivity contribution in [1.82, 2.24) is 10.2 Å². The number of nitrogens with one attached hydrogen (secondary N) is 1. The number of likely N-dealkylation sites (tertiary alicyclic amines) is 1. The Bertz CT molecular complexity index is 128. The van der Waals surface area contributed by atoms with Gasteiger partial charge in [0.25, 0.3) is 0 Å². The molecule has 84 valence electrons. The van der Waals surface area contributed by atoms with Gasteiger partial charge >= 0.3 is 0 Å². The zero-order chi connectivity index (χ0) is 10.2. The summed E-state index contributed by atoms with van der Waals surface area (Å²) in [6, 6.07) is 0. The predicted molar refractivity (Wildman–Crippen MR) is 62.6 cm³/mol. The van der Waals surface area contributed by atoms with Crippen molar-refractivity contribution in [3.05, 3.63) is 0 Å². The van der Waals surface area contributed by atoms with Gasteiger partial charge in [0.2, 0.25) is 0 Å². The normalized spacial score (nSPS) is 18.2. The van der Waals surface area contributed by atoms with Crippen LogP contribution >= 0.6 is 0 Å². The third kappa shape index (κ3) is 5.61. The average molecular weight is 198 g/mol. The van der Waals surface area contributed by atoms with E-state index >= 15 is 0 Å². The molecule has 0 amide bonds. The second-order valence-electron chi connectivity index (χ2n) is 4.85. The highest BCUT2D eigenvalue weighted by Crippen LogP contribution is 2.07. The Balaban J connectivity index is 1.79. The molecule has 0 aromatic rings. The topological polar surface area (TPSA) is 15.3 Å². The van der Waals surface area contributed by atoms with Crippen LogP contribution in [0.3, 0.4) is 0 Å². The summed E-state index contributed by atoms with van der Waals surface area (Å²) in [6.07, 6.45) is 5.55. The van der Waals surface area contributed by atoms with Crippen LogP contribution in [0.4, 0.5) is 0 Å². The fourth-order valence-corrected chi connectivity index (χ4v) is 1.98. The summed E-state index contributed by atoms with van der Waals surface area (Å²) in [4.78, 5) is 2.60. The largest absolute Gasteiger partial charge is 0.316 e. The molecule has 0 unspecified atom stereocenters. The van der Waals surface area contributed by atoms with Crippen molar-refractivity contribution in [2.75, 3.05) is 32.7 Å². The molecule has 0 atom stereocenters. The molecule has 0 bridgehead atoms. The monoisotopic (exact) mass is 198 g/mol. The predicted octanol–water partition coefficient (Wildman–Crippen LogP) is 2.11. The Hall–Kier alpha value is -0.0800. The molecule has 1 fully saturated rings. The number of unbranched alkanes of at least 4 members (excludes halogenated alkanes) is 1. The van der Waals surface area contributed by atoms with Crippen LogP contribution in [0.2, 0.25) is 0 Å². The van der Waals surface area contributed by atoms with Gasteiger partial charge in [0.15, 0.2) is 0 Å². The molecule has 0 aliphatic carbocycles. The van der Waals surface area contributed by atoms with Crippen molar-refractivity contribution in [3.63, 3.8) is 0 Å². The van der Waals surface area contributed by atoms with Crippen LogP contribution in [0.1, 0.15) is 39.5 Å². The molecular formula is C12H26N2. The highest BCUT2D eigenvalue weighted by atomic mass is 15.1. The number of nitrogens with zero attached hydrogens (tertiary/aromatic N) is 1. The van der Waals surface area contributed by atoms with Crippen molar-refractivity contribution in [3.8, 4) is 0 Å². The highest BCUT2D eigenvalue weighted by molar-refractivity contribution is 4.65. The van der Waals surface area contributed by atoms with Crippen LogP contribution in [0, 0.1) is 5.92 Å².